The number of pyridine rings is 1. The summed E-state index contributed by atoms with van der Waals surface area (Å²) in [4.78, 5) is 28.5. The molecular weight excluding hydrogens is 414 g/mol. The Morgan fingerprint density at radius 1 is 0.818 bits per heavy atom. The van der Waals surface area contributed by atoms with Crippen molar-refractivity contribution >= 4 is 40.9 Å². The van der Waals surface area contributed by atoms with Crippen LogP contribution in [0.15, 0.2) is 78.9 Å². The number of carbonyl (C=O) groups is 2. The number of aromatic hydroxyl groups is 1. The van der Waals surface area contributed by atoms with Crippen LogP contribution in [0.3, 0.4) is 0 Å². The number of aryl methyl sites for hydroxylation is 1. The van der Waals surface area contributed by atoms with Crippen LogP contribution in [0.4, 0.5) is 0 Å². The molecule has 0 atom stereocenters. The van der Waals surface area contributed by atoms with Crippen molar-refractivity contribution < 1.29 is 19.8 Å². The maximum Gasteiger partial charge on any atom is 0.339 e. The number of carboxylic acid groups (broad SMARTS) is 1. The molecule has 1 heterocycles. The van der Waals surface area contributed by atoms with E-state index >= 15 is 0 Å². The smallest absolute Gasteiger partial charge is 0.339 e. The lowest BCUT2D eigenvalue weighted by molar-refractivity contribution is 0.0693. The molecule has 0 spiro atoms. The highest BCUT2D eigenvalue weighted by atomic mass is 16.4. The third kappa shape index (κ3) is 5.05. The molecule has 0 bridgehead atoms. The van der Waals surface area contributed by atoms with Crippen LogP contribution in [0.2, 0.25) is 0 Å². The van der Waals surface area contributed by atoms with Gasteiger partial charge in [-0.1, -0.05) is 54.6 Å². The molecule has 0 unspecified atom stereocenters. The summed E-state index contributed by atoms with van der Waals surface area (Å²) < 4.78 is 0. The van der Waals surface area contributed by atoms with E-state index in [0.29, 0.717) is 5.56 Å². The highest BCUT2D eigenvalue weighted by molar-refractivity contribution is 6.10. The molecule has 4 aromatic rings. The molecule has 0 aliphatic rings. The lowest BCUT2D eigenvalue weighted by Crippen LogP contribution is -2.03. The number of phenols is 1. The second-order valence-electron chi connectivity index (χ2n) is 7.64. The van der Waals surface area contributed by atoms with Crippen molar-refractivity contribution in [3.8, 4) is 5.75 Å². The zero-order valence-electron chi connectivity index (χ0n) is 17.9. The fraction of sp³-hybridized carbons (Fsp3) is 0.0357. The van der Waals surface area contributed by atoms with Crippen molar-refractivity contribution in [2.45, 2.75) is 6.92 Å². The standard InChI is InChI=1S/C28H21NO4/c1-18-15-23(27(31)24(16-18)28(32)33)26(30)14-10-20-6-4-5-19(17-20)9-12-22-13-11-21-7-2-3-8-25(21)29-22/h2-17,31H,1H3,(H,32,33)/b12-9+,14-10+. The first-order chi connectivity index (χ1) is 15.9. The summed E-state index contributed by atoms with van der Waals surface area (Å²) in [6, 6.07) is 22.3. The molecule has 162 valence electrons. The molecule has 2 N–H and O–H groups in total. The van der Waals surface area contributed by atoms with Gasteiger partial charge >= 0.3 is 5.97 Å². The van der Waals surface area contributed by atoms with Gasteiger partial charge in [-0.25, -0.2) is 9.78 Å². The number of para-hydroxylation sites is 1. The first-order valence-electron chi connectivity index (χ1n) is 10.3. The zero-order chi connectivity index (χ0) is 23.4. The number of aromatic carboxylic acids is 1. The number of hydrogen-bond acceptors (Lipinski definition) is 4. The molecule has 0 saturated heterocycles. The number of carboxylic acids is 1. The van der Waals surface area contributed by atoms with Crippen LogP contribution >= 0.6 is 0 Å². The van der Waals surface area contributed by atoms with E-state index in [-0.39, 0.29) is 11.1 Å². The molecule has 0 amide bonds. The first-order valence-corrected chi connectivity index (χ1v) is 10.3. The van der Waals surface area contributed by atoms with Crippen molar-refractivity contribution in [2.75, 3.05) is 0 Å². The predicted octanol–water partition coefficient (Wildman–Crippen LogP) is 6.01. The normalized spacial score (nSPS) is 11.4. The van der Waals surface area contributed by atoms with E-state index in [2.05, 4.69) is 4.98 Å². The summed E-state index contributed by atoms with van der Waals surface area (Å²) in [6.45, 7) is 1.67. The van der Waals surface area contributed by atoms with Crippen LogP contribution in [0.25, 0.3) is 29.1 Å². The lowest BCUT2D eigenvalue weighted by Gasteiger charge is -2.06. The monoisotopic (exact) mass is 435 g/mol. The minimum Gasteiger partial charge on any atom is -0.506 e. The lowest BCUT2D eigenvalue weighted by atomic mass is 10.0. The van der Waals surface area contributed by atoms with Crippen LogP contribution in [0.1, 0.15) is 43.1 Å². The number of ketones is 1. The molecule has 5 heteroatoms. The van der Waals surface area contributed by atoms with E-state index in [4.69, 9.17) is 0 Å². The highest BCUT2D eigenvalue weighted by Gasteiger charge is 2.17. The highest BCUT2D eigenvalue weighted by Crippen LogP contribution is 2.26. The maximum absolute atomic E-state index is 12.6. The third-order valence-electron chi connectivity index (χ3n) is 5.15. The Bertz CT molecular complexity index is 1430. The van der Waals surface area contributed by atoms with E-state index in [0.717, 1.165) is 27.7 Å². The van der Waals surface area contributed by atoms with Gasteiger partial charge in [-0.05, 0) is 66.1 Å². The minimum absolute atomic E-state index is 0.0397. The van der Waals surface area contributed by atoms with Gasteiger partial charge in [0.15, 0.2) is 5.78 Å². The second-order valence-corrected chi connectivity index (χ2v) is 7.64. The quantitative estimate of drug-likeness (QED) is 0.286. The molecule has 0 fully saturated rings. The van der Waals surface area contributed by atoms with Gasteiger partial charge < -0.3 is 10.2 Å². The SMILES string of the molecule is Cc1cc(C(=O)O)c(O)c(C(=O)/C=C/c2cccc(/C=C/c3ccc4ccccc4n3)c2)c1. The Morgan fingerprint density at radius 3 is 2.33 bits per heavy atom. The predicted molar refractivity (Wildman–Crippen MR) is 130 cm³/mol. The number of allylic oxidation sites excluding steroid dienone is 1. The molecule has 5 nitrogen and oxygen atoms in total. The average molecular weight is 435 g/mol. The Balaban J connectivity index is 1.54. The maximum atomic E-state index is 12.6. The summed E-state index contributed by atoms with van der Waals surface area (Å²) in [6.07, 6.45) is 6.84. The van der Waals surface area contributed by atoms with E-state index in [1.807, 2.05) is 72.8 Å². The summed E-state index contributed by atoms with van der Waals surface area (Å²) >= 11 is 0. The number of aromatic nitrogens is 1. The van der Waals surface area contributed by atoms with E-state index in [9.17, 15) is 19.8 Å². The molecule has 0 saturated carbocycles. The van der Waals surface area contributed by atoms with Gasteiger partial charge in [0.25, 0.3) is 0 Å². The summed E-state index contributed by atoms with van der Waals surface area (Å²) in [5.74, 6) is -2.28. The molecule has 33 heavy (non-hydrogen) atoms. The molecular formula is C28H21NO4. The van der Waals surface area contributed by atoms with Gasteiger partial charge in [-0.2, -0.15) is 0 Å². The Kier molecular flexibility index (Phi) is 6.13. The van der Waals surface area contributed by atoms with Gasteiger partial charge in [0.05, 0.1) is 16.8 Å². The van der Waals surface area contributed by atoms with Gasteiger partial charge in [0, 0.05) is 5.39 Å². The van der Waals surface area contributed by atoms with Gasteiger partial charge in [0.2, 0.25) is 0 Å². The molecule has 0 aliphatic carbocycles. The second kappa shape index (κ2) is 9.32. The summed E-state index contributed by atoms with van der Waals surface area (Å²) in [5.41, 5.74) is 3.75. The Labute approximate surface area is 191 Å². The Hall–Kier alpha value is -4.51. The van der Waals surface area contributed by atoms with Crippen molar-refractivity contribution in [2.24, 2.45) is 0 Å². The fourth-order valence-electron chi connectivity index (χ4n) is 3.51. The van der Waals surface area contributed by atoms with Crippen molar-refractivity contribution in [3.05, 3.63) is 112 Å². The molecule has 4 rings (SSSR count). The molecule has 3 aromatic carbocycles. The van der Waals surface area contributed by atoms with Crippen molar-refractivity contribution in [1.29, 1.82) is 0 Å². The third-order valence-corrected chi connectivity index (χ3v) is 5.15. The van der Waals surface area contributed by atoms with Crippen molar-refractivity contribution in [3.63, 3.8) is 0 Å². The number of carbonyl (C=O) groups excluding carboxylic acids is 1. The molecule has 0 radical (unpaired) electrons. The number of rotatable bonds is 6. The fourth-order valence-corrected chi connectivity index (χ4v) is 3.51. The van der Waals surface area contributed by atoms with Crippen molar-refractivity contribution in [1.82, 2.24) is 4.98 Å². The van der Waals surface area contributed by atoms with Gasteiger partial charge in [-0.15, -0.1) is 0 Å². The van der Waals surface area contributed by atoms with Gasteiger partial charge in [0.1, 0.15) is 11.3 Å². The average Bonchev–Trinajstić information content (AvgIpc) is 2.82. The summed E-state index contributed by atoms with van der Waals surface area (Å²) in [5, 5.41) is 20.5. The van der Waals surface area contributed by atoms with Crippen LogP contribution < -0.4 is 0 Å². The largest absolute Gasteiger partial charge is 0.506 e. The minimum atomic E-state index is -1.28. The molecule has 1 aromatic heterocycles. The van der Waals surface area contributed by atoms with Crippen LogP contribution in [-0.4, -0.2) is 26.9 Å². The van der Waals surface area contributed by atoms with E-state index in [1.165, 1.54) is 18.2 Å². The first kappa shape index (κ1) is 21.7. The van der Waals surface area contributed by atoms with Crippen LogP contribution in [0.5, 0.6) is 5.75 Å². The van der Waals surface area contributed by atoms with E-state index < -0.39 is 17.5 Å². The molecule has 0 aliphatic heterocycles. The number of fused-ring (bicyclic) bond motifs is 1. The summed E-state index contributed by atoms with van der Waals surface area (Å²) in [7, 11) is 0. The topological polar surface area (TPSA) is 87.5 Å². The van der Waals surface area contributed by atoms with E-state index in [1.54, 1.807) is 13.0 Å². The van der Waals surface area contributed by atoms with Crippen LogP contribution in [-0.2, 0) is 0 Å². The number of nitrogens with zero attached hydrogens (tertiary/aromatic N) is 1. The Morgan fingerprint density at radius 2 is 1.55 bits per heavy atom. The zero-order valence-corrected chi connectivity index (χ0v) is 17.9. The number of hydrogen-bond donors (Lipinski definition) is 2. The number of benzene rings is 3. The van der Waals surface area contributed by atoms with Gasteiger partial charge in [-0.3, -0.25) is 4.79 Å². The van der Waals surface area contributed by atoms with Crippen LogP contribution in [0, 0.1) is 6.92 Å².